The number of halogens is 1. The highest BCUT2D eigenvalue weighted by Crippen LogP contribution is 2.40. The number of hydrogen-bond donors (Lipinski definition) is 1. The Labute approximate surface area is 132 Å². The van der Waals surface area contributed by atoms with Crippen molar-refractivity contribution >= 4 is 23.3 Å². The standard InChI is InChI=1S/C17H24ClNO2/c1-11-7-13(10-17(2,3)9-11)19-15-8-12(16(20)21-4)5-6-14(15)18/h5-6,8,11,13,19H,7,9-10H2,1-4H3. The minimum atomic E-state index is -0.341. The quantitative estimate of drug-likeness (QED) is 0.819. The first-order valence-electron chi connectivity index (χ1n) is 7.45. The van der Waals surface area contributed by atoms with Gasteiger partial charge in [0.25, 0.3) is 0 Å². The predicted molar refractivity (Wildman–Crippen MR) is 87.0 cm³/mol. The third-order valence-electron chi connectivity index (χ3n) is 4.13. The van der Waals surface area contributed by atoms with Gasteiger partial charge in [0.1, 0.15) is 0 Å². The minimum absolute atomic E-state index is 0.335. The van der Waals surface area contributed by atoms with Crippen LogP contribution >= 0.6 is 11.6 Å². The molecule has 0 aromatic heterocycles. The monoisotopic (exact) mass is 309 g/mol. The van der Waals surface area contributed by atoms with Crippen LogP contribution in [-0.4, -0.2) is 19.1 Å². The Morgan fingerprint density at radius 1 is 1.38 bits per heavy atom. The SMILES string of the molecule is COC(=O)c1ccc(Cl)c(NC2CC(C)CC(C)(C)C2)c1. The van der Waals surface area contributed by atoms with Crippen LogP contribution in [0, 0.1) is 11.3 Å². The van der Waals surface area contributed by atoms with E-state index in [1.54, 1.807) is 18.2 Å². The molecule has 0 radical (unpaired) electrons. The van der Waals surface area contributed by atoms with Crippen LogP contribution in [0.15, 0.2) is 18.2 Å². The molecule has 1 fully saturated rings. The van der Waals surface area contributed by atoms with Gasteiger partial charge in [-0.1, -0.05) is 32.4 Å². The van der Waals surface area contributed by atoms with Gasteiger partial charge in [-0.2, -0.15) is 0 Å². The largest absolute Gasteiger partial charge is 0.465 e. The van der Waals surface area contributed by atoms with E-state index in [4.69, 9.17) is 16.3 Å². The summed E-state index contributed by atoms with van der Waals surface area (Å²) >= 11 is 6.26. The molecule has 0 saturated heterocycles. The number of ether oxygens (including phenoxy) is 1. The highest BCUT2D eigenvalue weighted by atomic mass is 35.5. The number of anilines is 1. The second-order valence-electron chi connectivity index (χ2n) is 6.94. The highest BCUT2D eigenvalue weighted by molar-refractivity contribution is 6.33. The first-order chi connectivity index (χ1) is 9.80. The van der Waals surface area contributed by atoms with E-state index in [9.17, 15) is 4.79 Å². The number of nitrogens with one attached hydrogen (secondary N) is 1. The van der Waals surface area contributed by atoms with Crippen molar-refractivity contribution in [1.29, 1.82) is 0 Å². The second kappa shape index (κ2) is 6.27. The van der Waals surface area contributed by atoms with Gasteiger partial charge >= 0.3 is 5.97 Å². The number of benzene rings is 1. The van der Waals surface area contributed by atoms with Gasteiger partial charge in [-0.25, -0.2) is 4.79 Å². The van der Waals surface area contributed by atoms with Gasteiger partial charge in [0.2, 0.25) is 0 Å². The van der Waals surface area contributed by atoms with Crippen LogP contribution in [0.5, 0.6) is 0 Å². The third-order valence-corrected chi connectivity index (χ3v) is 4.46. The fraction of sp³-hybridized carbons (Fsp3) is 0.588. The van der Waals surface area contributed by atoms with Crippen molar-refractivity contribution < 1.29 is 9.53 Å². The lowest BCUT2D eigenvalue weighted by molar-refractivity contribution is 0.0600. The summed E-state index contributed by atoms with van der Waals surface area (Å²) in [6, 6.07) is 5.59. The van der Waals surface area contributed by atoms with E-state index >= 15 is 0 Å². The van der Waals surface area contributed by atoms with Crippen molar-refractivity contribution in [2.45, 2.75) is 46.1 Å². The van der Waals surface area contributed by atoms with Crippen LogP contribution in [0.4, 0.5) is 5.69 Å². The van der Waals surface area contributed by atoms with Crippen molar-refractivity contribution in [2.24, 2.45) is 11.3 Å². The Bertz CT molecular complexity index is 528. The molecule has 116 valence electrons. The summed E-state index contributed by atoms with van der Waals surface area (Å²) in [5, 5.41) is 4.15. The van der Waals surface area contributed by atoms with E-state index in [0.29, 0.717) is 28.0 Å². The molecule has 0 spiro atoms. The van der Waals surface area contributed by atoms with Crippen LogP contribution in [0.25, 0.3) is 0 Å². The molecular weight excluding hydrogens is 286 g/mol. The molecular formula is C17H24ClNO2. The Kier molecular flexibility index (Phi) is 4.82. The highest BCUT2D eigenvalue weighted by Gasteiger charge is 2.32. The molecule has 0 amide bonds. The molecule has 3 nitrogen and oxygen atoms in total. The summed E-state index contributed by atoms with van der Waals surface area (Å²) in [4.78, 5) is 11.6. The molecule has 0 aliphatic heterocycles. The summed E-state index contributed by atoms with van der Waals surface area (Å²) < 4.78 is 4.76. The van der Waals surface area contributed by atoms with Gasteiger partial charge in [-0.15, -0.1) is 0 Å². The van der Waals surface area contributed by atoms with Crippen molar-refractivity contribution in [1.82, 2.24) is 0 Å². The maximum Gasteiger partial charge on any atom is 0.337 e. The Hall–Kier alpha value is -1.22. The molecule has 1 aliphatic rings. The maximum atomic E-state index is 11.6. The van der Waals surface area contributed by atoms with Crippen LogP contribution in [0.1, 0.15) is 50.4 Å². The fourth-order valence-electron chi connectivity index (χ4n) is 3.56. The summed E-state index contributed by atoms with van der Waals surface area (Å²) in [6.07, 6.45) is 3.49. The van der Waals surface area contributed by atoms with E-state index in [1.807, 2.05) is 0 Å². The lowest BCUT2D eigenvalue weighted by Crippen LogP contribution is -2.35. The van der Waals surface area contributed by atoms with Crippen molar-refractivity contribution in [3.05, 3.63) is 28.8 Å². The number of hydrogen-bond acceptors (Lipinski definition) is 3. The average Bonchev–Trinajstić information content (AvgIpc) is 2.38. The van der Waals surface area contributed by atoms with Crippen molar-refractivity contribution in [3.63, 3.8) is 0 Å². The summed E-state index contributed by atoms with van der Waals surface area (Å²) in [6.45, 7) is 6.91. The Morgan fingerprint density at radius 3 is 2.71 bits per heavy atom. The summed E-state index contributed by atoms with van der Waals surface area (Å²) in [5.41, 5.74) is 1.67. The molecule has 2 unspecified atom stereocenters. The zero-order valence-electron chi connectivity index (χ0n) is 13.2. The van der Waals surface area contributed by atoms with Gasteiger partial charge in [0.15, 0.2) is 0 Å². The van der Waals surface area contributed by atoms with Gasteiger partial charge in [-0.3, -0.25) is 0 Å². The molecule has 4 heteroatoms. The Morgan fingerprint density at radius 2 is 2.10 bits per heavy atom. The molecule has 1 N–H and O–H groups in total. The van der Waals surface area contributed by atoms with E-state index in [2.05, 4.69) is 26.1 Å². The average molecular weight is 310 g/mol. The summed E-state index contributed by atoms with van der Waals surface area (Å²) in [7, 11) is 1.38. The molecule has 1 saturated carbocycles. The molecule has 1 aliphatic carbocycles. The van der Waals surface area contributed by atoms with Crippen molar-refractivity contribution in [2.75, 3.05) is 12.4 Å². The maximum absolute atomic E-state index is 11.6. The lowest BCUT2D eigenvalue weighted by atomic mass is 9.70. The number of rotatable bonds is 3. The first kappa shape index (κ1) is 16.2. The lowest BCUT2D eigenvalue weighted by Gasteiger charge is -2.39. The molecule has 2 rings (SSSR count). The second-order valence-corrected chi connectivity index (χ2v) is 7.35. The molecule has 1 aromatic rings. The normalized spacial score (nSPS) is 24.4. The number of methoxy groups -OCH3 is 1. The zero-order chi connectivity index (χ0) is 15.6. The van der Waals surface area contributed by atoms with Crippen LogP contribution in [0.3, 0.4) is 0 Å². The molecule has 21 heavy (non-hydrogen) atoms. The fourth-order valence-corrected chi connectivity index (χ4v) is 3.73. The van der Waals surface area contributed by atoms with Crippen LogP contribution in [0.2, 0.25) is 5.02 Å². The number of esters is 1. The van der Waals surface area contributed by atoms with Gasteiger partial charge in [0, 0.05) is 6.04 Å². The summed E-state index contributed by atoms with van der Waals surface area (Å²) in [5.74, 6) is 0.348. The number of carbonyl (C=O) groups is 1. The molecule has 2 atom stereocenters. The van der Waals surface area contributed by atoms with E-state index in [0.717, 1.165) is 18.5 Å². The van der Waals surface area contributed by atoms with Crippen LogP contribution in [-0.2, 0) is 4.74 Å². The van der Waals surface area contributed by atoms with E-state index < -0.39 is 0 Å². The van der Waals surface area contributed by atoms with E-state index in [1.165, 1.54) is 13.5 Å². The predicted octanol–water partition coefficient (Wildman–Crippen LogP) is 4.75. The number of carbonyl (C=O) groups excluding carboxylic acids is 1. The first-order valence-corrected chi connectivity index (χ1v) is 7.83. The molecule has 0 bridgehead atoms. The molecule has 1 aromatic carbocycles. The van der Waals surface area contributed by atoms with Crippen LogP contribution < -0.4 is 5.32 Å². The third kappa shape index (κ3) is 4.13. The Balaban J connectivity index is 2.17. The van der Waals surface area contributed by atoms with Gasteiger partial charge < -0.3 is 10.1 Å². The van der Waals surface area contributed by atoms with Crippen molar-refractivity contribution in [3.8, 4) is 0 Å². The minimum Gasteiger partial charge on any atom is -0.465 e. The van der Waals surface area contributed by atoms with Gasteiger partial charge in [0.05, 0.1) is 23.4 Å². The van der Waals surface area contributed by atoms with E-state index in [-0.39, 0.29) is 5.97 Å². The zero-order valence-corrected chi connectivity index (χ0v) is 14.0. The smallest absolute Gasteiger partial charge is 0.337 e. The molecule has 0 heterocycles. The topological polar surface area (TPSA) is 38.3 Å². The van der Waals surface area contributed by atoms with Gasteiger partial charge in [-0.05, 0) is 48.8 Å².